The van der Waals surface area contributed by atoms with E-state index in [4.69, 9.17) is 34.8 Å². The first-order valence-corrected chi connectivity index (χ1v) is 9.83. The molecule has 0 bridgehead atoms. The zero-order chi connectivity index (χ0) is 23.4. The molecule has 29 heavy (non-hydrogen) atoms. The van der Waals surface area contributed by atoms with Crippen LogP contribution in [0.4, 0.5) is 43.9 Å². The molecule has 0 unspecified atom stereocenters. The minimum Gasteiger partial charge on any atom is -0.218 e. The van der Waals surface area contributed by atoms with Crippen molar-refractivity contribution >= 4 is 60.6 Å². The average molecular weight is 587 g/mol. The van der Waals surface area contributed by atoms with Crippen LogP contribution in [0.5, 0.6) is 0 Å². The van der Waals surface area contributed by atoms with Crippen LogP contribution in [0.1, 0.15) is 11.1 Å². The lowest BCUT2D eigenvalue weighted by Gasteiger charge is -2.33. The van der Waals surface area contributed by atoms with Crippen molar-refractivity contribution in [3.8, 4) is 0 Å². The van der Waals surface area contributed by atoms with Gasteiger partial charge in [0.25, 0.3) is 9.84 Å². The summed E-state index contributed by atoms with van der Waals surface area (Å²) in [5, 5.41) is 0. The van der Waals surface area contributed by atoms with Crippen LogP contribution in [-0.4, -0.2) is 30.1 Å². The van der Waals surface area contributed by atoms with Gasteiger partial charge in [0, 0.05) is 22.5 Å². The Morgan fingerprint density at radius 1 is 0.897 bits per heavy atom. The summed E-state index contributed by atoms with van der Waals surface area (Å²) < 4.78 is 150. The summed E-state index contributed by atoms with van der Waals surface area (Å²) in [5.74, 6) is 0. The largest absolute Gasteiger partial charge is 0.501 e. The van der Waals surface area contributed by atoms with Gasteiger partial charge in [-0.2, -0.15) is 39.5 Å². The number of sulfone groups is 1. The van der Waals surface area contributed by atoms with Gasteiger partial charge in [-0.15, -0.1) is 0 Å². The van der Waals surface area contributed by atoms with Crippen molar-refractivity contribution in [3.05, 3.63) is 27.7 Å². The molecule has 1 aromatic carbocycles. The molecule has 0 saturated carbocycles. The van der Waals surface area contributed by atoms with Gasteiger partial charge in [-0.05, 0) is 27.6 Å². The zero-order valence-electron chi connectivity index (χ0n) is 12.8. The van der Waals surface area contributed by atoms with Gasteiger partial charge in [0.15, 0.2) is 3.79 Å². The smallest absolute Gasteiger partial charge is 0.218 e. The Morgan fingerprint density at radius 2 is 1.31 bits per heavy atom. The van der Waals surface area contributed by atoms with E-state index in [1.54, 1.807) is 0 Å². The van der Waals surface area contributed by atoms with Crippen LogP contribution in [0, 0.1) is 6.07 Å². The predicted octanol–water partition coefficient (Wildman–Crippen LogP) is 6.74. The number of halogens is 14. The number of rotatable bonds is 3. The number of hydrogen-bond acceptors (Lipinski definition) is 2. The Balaban J connectivity index is 4.14. The lowest BCUT2D eigenvalue weighted by molar-refractivity contribution is -0.349. The third-order valence-corrected chi connectivity index (χ3v) is 5.71. The fraction of sp³-hybridized carbons (Fsp3) is 0.500. The third-order valence-electron chi connectivity index (χ3n) is 3.22. The van der Waals surface area contributed by atoms with Crippen molar-refractivity contribution in [1.82, 2.24) is 0 Å². The van der Waals surface area contributed by atoms with Gasteiger partial charge in [0.2, 0.25) is 0 Å². The van der Waals surface area contributed by atoms with Crippen molar-refractivity contribution in [2.75, 3.05) is 0 Å². The molecule has 1 aromatic rings. The van der Waals surface area contributed by atoms with Gasteiger partial charge in [0.1, 0.15) is 0 Å². The van der Waals surface area contributed by atoms with Crippen LogP contribution >= 0.6 is 50.7 Å². The number of alkyl halides is 13. The second-order valence-corrected chi connectivity index (χ2v) is 10.5. The summed E-state index contributed by atoms with van der Waals surface area (Å²) in [6, 6.07) is 0.601. The van der Waals surface area contributed by atoms with Crippen LogP contribution in [0.25, 0.3) is 0 Å². The minimum absolute atomic E-state index is 0.791. The Kier molecular flexibility index (Phi) is 7.18. The van der Waals surface area contributed by atoms with Crippen molar-refractivity contribution in [1.29, 1.82) is 0 Å². The molecule has 0 aliphatic heterocycles. The van der Waals surface area contributed by atoms with E-state index in [2.05, 4.69) is 15.9 Å². The van der Waals surface area contributed by atoms with E-state index < -0.39 is 70.1 Å². The predicted molar refractivity (Wildman–Crippen MR) is 85.1 cm³/mol. The molecule has 0 amide bonds. The highest BCUT2D eigenvalue weighted by molar-refractivity contribution is 9.10. The van der Waals surface area contributed by atoms with Crippen molar-refractivity contribution < 1.29 is 52.3 Å². The Morgan fingerprint density at radius 3 is 1.62 bits per heavy atom. The second kappa shape index (κ2) is 7.75. The summed E-state index contributed by atoms with van der Waals surface area (Å²) in [4.78, 5) is -2.21. The number of benzene rings is 1. The minimum atomic E-state index is -6.78. The molecule has 1 radical (unpaired) electrons. The maximum atomic E-state index is 14.5. The molecule has 0 saturated heterocycles. The standard InChI is InChI=1S/C12H3BrCl3F10O2S/c13-7-2-4(29(27,28)12(24,25)26)1-6(5(7)3-8(14,15)16)9(17,10(18,19)20)11(21,22)23/h1H,3H2. The molecule has 0 N–H and O–H groups in total. The van der Waals surface area contributed by atoms with Gasteiger partial charge in [-0.25, -0.2) is 12.8 Å². The summed E-state index contributed by atoms with van der Waals surface area (Å²) in [5.41, 5.74) is -16.4. The lowest BCUT2D eigenvalue weighted by atomic mass is 9.89. The van der Waals surface area contributed by atoms with Crippen molar-refractivity contribution in [2.45, 2.75) is 38.6 Å². The maximum absolute atomic E-state index is 14.5. The van der Waals surface area contributed by atoms with Gasteiger partial charge in [-0.1, -0.05) is 34.8 Å². The van der Waals surface area contributed by atoms with Crippen LogP contribution in [0.3, 0.4) is 0 Å². The number of hydrogen-bond donors (Lipinski definition) is 0. The van der Waals surface area contributed by atoms with Crippen LogP contribution in [0.15, 0.2) is 15.4 Å². The van der Waals surface area contributed by atoms with Crippen LogP contribution in [0.2, 0.25) is 0 Å². The highest BCUT2D eigenvalue weighted by Crippen LogP contribution is 2.56. The fourth-order valence-corrected chi connectivity index (χ4v) is 3.83. The molecule has 0 aromatic heterocycles. The van der Waals surface area contributed by atoms with Crippen LogP contribution < -0.4 is 0 Å². The van der Waals surface area contributed by atoms with Crippen molar-refractivity contribution in [3.63, 3.8) is 0 Å². The summed E-state index contributed by atoms with van der Waals surface area (Å²) in [6.45, 7) is 0. The van der Waals surface area contributed by atoms with Gasteiger partial charge >= 0.3 is 23.5 Å². The van der Waals surface area contributed by atoms with Crippen LogP contribution in [-0.2, 0) is 21.9 Å². The quantitative estimate of drug-likeness (QED) is 0.290. The first-order chi connectivity index (χ1) is 12.5. The molecule has 1 rings (SSSR count). The third kappa shape index (κ3) is 5.18. The molecule has 167 valence electrons. The Bertz CT molecular complexity index is 873. The zero-order valence-corrected chi connectivity index (χ0v) is 17.5. The van der Waals surface area contributed by atoms with E-state index in [-0.39, 0.29) is 0 Å². The molecule has 0 fully saturated rings. The molecule has 17 heteroatoms. The lowest BCUT2D eigenvalue weighted by Crippen LogP contribution is -2.51. The van der Waals surface area contributed by atoms with E-state index >= 15 is 0 Å². The molecular weight excluding hydrogens is 584 g/mol. The Hall–Kier alpha value is -0.180. The highest BCUT2D eigenvalue weighted by Gasteiger charge is 2.74. The highest BCUT2D eigenvalue weighted by atomic mass is 79.9. The van der Waals surface area contributed by atoms with Gasteiger partial charge < -0.3 is 0 Å². The summed E-state index contributed by atoms with van der Waals surface area (Å²) in [6.07, 6.45) is -14.9. The first-order valence-electron chi connectivity index (χ1n) is 6.42. The monoisotopic (exact) mass is 585 g/mol. The summed E-state index contributed by atoms with van der Waals surface area (Å²) in [7, 11) is -6.52. The molecule has 0 aliphatic carbocycles. The first kappa shape index (κ1) is 26.9. The maximum Gasteiger partial charge on any atom is 0.501 e. The van der Waals surface area contributed by atoms with E-state index in [0.717, 1.165) is 0 Å². The molecule has 0 spiro atoms. The van der Waals surface area contributed by atoms with Gasteiger partial charge in [0.05, 0.1) is 4.90 Å². The van der Waals surface area contributed by atoms with E-state index in [1.165, 1.54) is 6.07 Å². The molecule has 0 heterocycles. The van der Waals surface area contributed by atoms with Gasteiger partial charge in [-0.3, -0.25) is 0 Å². The molecule has 0 aliphatic rings. The second-order valence-electron chi connectivity index (χ2n) is 5.23. The SMILES string of the molecule is O=S(=O)(c1[c]c(Br)c(CC(Cl)(Cl)Cl)c(C(F)(C(F)(F)F)C(F)(F)F)c1)C(F)(F)F. The topological polar surface area (TPSA) is 34.1 Å². The molecule has 0 atom stereocenters. The van der Waals surface area contributed by atoms with E-state index in [1.807, 2.05) is 0 Å². The fourth-order valence-electron chi connectivity index (χ4n) is 1.97. The molecular formula is C12H3BrCl3F10O2S. The normalized spacial score (nSPS) is 15.0. The van der Waals surface area contributed by atoms with E-state index in [0.29, 0.717) is 0 Å². The Labute approximate surface area is 179 Å². The molecule has 2 nitrogen and oxygen atoms in total. The summed E-state index contributed by atoms with van der Waals surface area (Å²) >= 11 is 18.2. The average Bonchev–Trinajstić information content (AvgIpc) is 2.43. The van der Waals surface area contributed by atoms with E-state index in [9.17, 15) is 52.3 Å². The van der Waals surface area contributed by atoms with Crippen molar-refractivity contribution in [2.24, 2.45) is 0 Å².